The van der Waals surface area contributed by atoms with Gasteiger partial charge in [0, 0.05) is 5.56 Å². The Balaban J connectivity index is 1.95. The first-order valence-corrected chi connectivity index (χ1v) is 8.41. The van der Waals surface area contributed by atoms with Crippen LogP contribution < -0.4 is 20.1 Å². The van der Waals surface area contributed by atoms with E-state index in [0.29, 0.717) is 4.90 Å². The van der Waals surface area contributed by atoms with E-state index in [1.807, 2.05) is 0 Å². The maximum Gasteiger partial charge on any atom is 0.440 e. The lowest BCUT2D eigenvalue weighted by Crippen LogP contribution is -2.69. The maximum absolute atomic E-state index is 13.9. The summed E-state index contributed by atoms with van der Waals surface area (Å²) in [4.78, 5) is 37.6. The monoisotopic (exact) mass is 427 g/mol. The SMILES string of the molecule is COc1cccc(CN2C(=O)N[C@@](NC(=O)c3ccco3)(C(F)(F)F)C2=O)c1OC. The summed E-state index contributed by atoms with van der Waals surface area (Å²) in [6.07, 6.45) is -4.26. The smallest absolute Gasteiger partial charge is 0.440 e. The predicted molar refractivity (Wildman–Crippen MR) is 93.6 cm³/mol. The van der Waals surface area contributed by atoms with Gasteiger partial charge in [-0.25, -0.2) is 4.79 Å². The van der Waals surface area contributed by atoms with E-state index in [-0.39, 0.29) is 17.1 Å². The third-order valence-corrected chi connectivity index (χ3v) is 4.39. The van der Waals surface area contributed by atoms with Crippen molar-refractivity contribution >= 4 is 17.8 Å². The fourth-order valence-electron chi connectivity index (χ4n) is 2.96. The molecule has 1 aliphatic rings. The molecule has 0 bridgehead atoms. The van der Waals surface area contributed by atoms with E-state index < -0.39 is 42.0 Å². The number of halogens is 3. The molecular formula is C18H16F3N3O6. The van der Waals surface area contributed by atoms with E-state index in [1.165, 1.54) is 38.5 Å². The van der Waals surface area contributed by atoms with Gasteiger partial charge >= 0.3 is 12.2 Å². The van der Waals surface area contributed by atoms with Crippen molar-refractivity contribution in [1.29, 1.82) is 0 Å². The summed E-state index contributed by atoms with van der Waals surface area (Å²) in [6, 6.07) is 5.56. The molecule has 2 heterocycles. The standard InChI is InChI=1S/C18H16F3N3O6/c1-28-11-6-3-5-10(13(11)29-2)9-24-15(26)17(18(19,20)21,23-16(24)27)22-14(25)12-7-4-8-30-12/h3-8H,9H2,1-2H3,(H,22,25)(H,23,27)/t17-/m1/s1. The highest BCUT2D eigenvalue weighted by molar-refractivity contribution is 6.10. The molecule has 1 atom stereocenters. The lowest BCUT2D eigenvalue weighted by Gasteiger charge is -2.29. The molecule has 0 unspecified atom stereocenters. The Morgan fingerprint density at radius 2 is 1.93 bits per heavy atom. The second-order valence-electron chi connectivity index (χ2n) is 6.15. The zero-order chi connectivity index (χ0) is 22.1. The summed E-state index contributed by atoms with van der Waals surface area (Å²) >= 11 is 0. The van der Waals surface area contributed by atoms with Gasteiger partial charge in [0.05, 0.1) is 27.0 Å². The van der Waals surface area contributed by atoms with Crippen LogP contribution >= 0.6 is 0 Å². The van der Waals surface area contributed by atoms with Crippen molar-refractivity contribution in [2.24, 2.45) is 0 Å². The molecule has 2 aromatic rings. The van der Waals surface area contributed by atoms with E-state index in [0.717, 1.165) is 12.3 Å². The second kappa shape index (κ2) is 7.61. The molecule has 0 spiro atoms. The van der Waals surface area contributed by atoms with E-state index in [4.69, 9.17) is 13.9 Å². The van der Waals surface area contributed by atoms with Gasteiger partial charge in [-0.1, -0.05) is 12.1 Å². The van der Waals surface area contributed by atoms with Crippen molar-refractivity contribution in [1.82, 2.24) is 15.5 Å². The van der Waals surface area contributed by atoms with Crippen LogP contribution in [-0.4, -0.2) is 48.8 Å². The van der Waals surface area contributed by atoms with Crippen molar-refractivity contribution in [3.05, 3.63) is 47.9 Å². The molecule has 1 fully saturated rings. The fraction of sp³-hybridized carbons (Fsp3) is 0.278. The van der Waals surface area contributed by atoms with E-state index in [1.54, 1.807) is 10.6 Å². The minimum absolute atomic E-state index is 0.143. The number of ether oxygens (including phenoxy) is 2. The zero-order valence-corrected chi connectivity index (χ0v) is 15.7. The van der Waals surface area contributed by atoms with Crippen molar-refractivity contribution in [2.75, 3.05) is 14.2 Å². The van der Waals surface area contributed by atoms with E-state index in [9.17, 15) is 27.6 Å². The van der Waals surface area contributed by atoms with Gasteiger partial charge in [-0.3, -0.25) is 19.8 Å². The third kappa shape index (κ3) is 3.40. The Hall–Kier alpha value is -3.70. The summed E-state index contributed by atoms with van der Waals surface area (Å²) in [5.41, 5.74) is -3.43. The summed E-state index contributed by atoms with van der Waals surface area (Å²) < 4.78 is 56.6. The van der Waals surface area contributed by atoms with Gasteiger partial charge in [0.15, 0.2) is 17.3 Å². The Morgan fingerprint density at radius 3 is 2.50 bits per heavy atom. The number of hydrogen-bond acceptors (Lipinski definition) is 6. The average Bonchev–Trinajstić information content (AvgIpc) is 3.31. The number of benzene rings is 1. The third-order valence-electron chi connectivity index (χ3n) is 4.39. The molecule has 30 heavy (non-hydrogen) atoms. The highest BCUT2D eigenvalue weighted by Gasteiger charge is 2.69. The molecule has 3 rings (SSSR count). The number of rotatable bonds is 6. The predicted octanol–water partition coefficient (Wildman–Crippen LogP) is 2.04. The van der Waals surface area contributed by atoms with Crippen LogP contribution in [0.3, 0.4) is 0 Å². The number of carbonyl (C=O) groups excluding carboxylic acids is 3. The van der Waals surface area contributed by atoms with Gasteiger partial charge in [0.25, 0.3) is 17.5 Å². The number of imide groups is 1. The van der Waals surface area contributed by atoms with Gasteiger partial charge in [0.2, 0.25) is 0 Å². The van der Waals surface area contributed by atoms with Crippen molar-refractivity contribution < 1.29 is 41.4 Å². The molecule has 1 aromatic carbocycles. The first-order valence-electron chi connectivity index (χ1n) is 8.41. The molecule has 2 N–H and O–H groups in total. The highest BCUT2D eigenvalue weighted by Crippen LogP contribution is 2.37. The van der Waals surface area contributed by atoms with Crippen molar-refractivity contribution in [3.63, 3.8) is 0 Å². The summed E-state index contributed by atoms with van der Waals surface area (Å²) in [5, 5.41) is 3.10. The summed E-state index contributed by atoms with van der Waals surface area (Å²) in [7, 11) is 2.66. The van der Waals surface area contributed by atoms with Crippen LogP contribution in [0.1, 0.15) is 16.1 Å². The maximum atomic E-state index is 13.9. The number of carbonyl (C=O) groups is 3. The molecule has 1 saturated heterocycles. The Morgan fingerprint density at radius 1 is 1.20 bits per heavy atom. The molecule has 160 valence electrons. The quantitative estimate of drug-likeness (QED) is 0.683. The molecule has 0 aliphatic carbocycles. The lowest BCUT2D eigenvalue weighted by atomic mass is 10.1. The number of methoxy groups -OCH3 is 2. The van der Waals surface area contributed by atoms with Crippen LogP contribution in [-0.2, 0) is 11.3 Å². The lowest BCUT2D eigenvalue weighted by molar-refractivity contribution is -0.200. The Bertz CT molecular complexity index is 976. The van der Waals surface area contributed by atoms with E-state index in [2.05, 4.69) is 0 Å². The number of urea groups is 1. The second-order valence-corrected chi connectivity index (χ2v) is 6.15. The van der Waals surface area contributed by atoms with Crippen LogP contribution in [0.4, 0.5) is 18.0 Å². The van der Waals surface area contributed by atoms with Crippen molar-refractivity contribution in [3.8, 4) is 11.5 Å². The first-order chi connectivity index (χ1) is 14.1. The van der Waals surface area contributed by atoms with Gasteiger partial charge in [-0.15, -0.1) is 0 Å². The largest absolute Gasteiger partial charge is 0.493 e. The number of nitrogens with zero attached hydrogens (tertiary/aromatic N) is 1. The van der Waals surface area contributed by atoms with Gasteiger partial charge in [-0.2, -0.15) is 13.2 Å². The van der Waals surface area contributed by atoms with Crippen LogP contribution in [0.15, 0.2) is 41.0 Å². The number of nitrogens with one attached hydrogen (secondary N) is 2. The highest BCUT2D eigenvalue weighted by atomic mass is 19.4. The molecule has 12 heteroatoms. The molecule has 9 nitrogen and oxygen atoms in total. The summed E-state index contributed by atoms with van der Waals surface area (Å²) in [5.74, 6) is -3.09. The Labute approximate surface area is 167 Å². The topological polar surface area (TPSA) is 110 Å². The molecule has 0 radical (unpaired) electrons. The van der Waals surface area contributed by atoms with Gasteiger partial charge < -0.3 is 19.2 Å². The molecule has 1 aliphatic heterocycles. The Kier molecular flexibility index (Phi) is 5.33. The number of hydrogen-bond donors (Lipinski definition) is 2. The number of para-hydroxylation sites is 1. The fourth-order valence-corrected chi connectivity index (χ4v) is 2.96. The minimum atomic E-state index is -5.34. The molecular weight excluding hydrogens is 411 g/mol. The number of furan rings is 1. The number of alkyl halides is 3. The van der Waals surface area contributed by atoms with Crippen molar-refractivity contribution in [2.45, 2.75) is 18.4 Å². The normalized spacial score (nSPS) is 18.9. The van der Waals surface area contributed by atoms with Crippen LogP contribution in [0.25, 0.3) is 0 Å². The average molecular weight is 427 g/mol. The van der Waals surface area contributed by atoms with Crippen LogP contribution in [0, 0.1) is 0 Å². The summed E-state index contributed by atoms with van der Waals surface area (Å²) in [6.45, 7) is -0.556. The van der Waals surface area contributed by atoms with Gasteiger partial charge in [0.1, 0.15) is 0 Å². The van der Waals surface area contributed by atoms with Crippen LogP contribution in [0.5, 0.6) is 11.5 Å². The molecule has 1 aromatic heterocycles. The number of amides is 4. The first kappa shape index (κ1) is 21.0. The zero-order valence-electron chi connectivity index (χ0n) is 15.7. The van der Waals surface area contributed by atoms with E-state index >= 15 is 0 Å². The minimum Gasteiger partial charge on any atom is -0.493 e. The molecule has 4 amide bonds. The molecule has 0 saturated carbocycles. The van der Waals surface area contributed by atoms with Gasteiger partial charge in [-0.05, 0) is 18.2 Å². The van der Waals surface area contributed by atoms with Crippen LogP contribution in [0.2, 0.25) is 0 Å².